The molecule has 2 aliphatic heterocycles. The highest BCUT2D eigenvalue weighted by molar-refractivity contribution is 7.89. The van der Waals surface area contributed by atoms with Crippen LogP contribution in [-0.4, -0.2) is 74.2 Å². The van der Waals surface area contributed by atoms with Crippen LogP contribution in [0.15, 0.2) is 29.2 Å². The van der Waals surface area contributed by atoms with E-state index in [1.54, 1.807) is 12.1 Å². The van der Waals surface area contributed by atoms with Crippen molar-refractivity contribution in [1.82, 2.24) is 14.1 Å². The summed E-state index contributed by atoms with van der Waals surface area (Å²) in [6.45, 7) is 8.32. The Labute approximate surface area is 156 Å². The van der Waals surface area contributed by atoms with Gasteiger partial charge in [0.25, 0.3) is 0 Å². The van der Waals surface area contributed by atoms with E-state index in [1.807, 2.05) is 24.0 Å². The average molecular weight is 380 g/mol. The molecule has 3 rings (SSSR count). The van der Waals surface area contributed by atoms with Crippen molar-refractivity contribution < 1.29 is 13.2 Å². The van der Waals surface area contributed by atoms with E-state index in [2.05, 4.69) is 11.8 Å². The summed E-state index contributed by atoms with van der Waals surface area (Å²) in [4.78, 5) is 16.8. The number of nitrogens with zero attached hydrogens (tertiary/aromatic N) is 3. The molecule has 2 aliphatic rings. The van der Waals surface area contributed by atoms with Gasteiger partial charge in [-0.3, -0.25) is 9.69 Å². The molecule has 1 aromatic carbocycles. The summed E-state index contributed by atoms with van der Waals surface area (Å²) < 4.78 is 27.0. The number of likely N-dealkylation sites (tertiary alicyclic amines) is 1. The largest absolute Gasteiger partial charge is 0.342 e. The van der Waals surface area contributed by atoms with E-state index < -0.39 is 10.0 Å². The molecule has 0 aromatic heterocycles. The molecule has 0 aliphatic carbocycles. The average Bonchev–Trinajstić information content (AvgIpc) is 2.63. The lowest BCUT2D eigenvalue weighted by atomic mass is 9.99. The first-order valence-electron chi connectivity index (χ1n) is 9.43. The van der Waals surface area contributed by atoms with Crippen LogP contribution in [-0.2, 0) is 14.8 Å². The molecular formula is C19H29N3O3S. The highest BCUT2D eigenvalue weighted by atomic mass is 32.2. The van der Waals surface area contributed by atoms with Crippen molar-refractivity contribution >= 4 is 15.9 Å². The number of rotatable bonds is 4. The van der Waals surface area contributed by atoms with Crippen LogP contribution >= 0.6 is 0 Å². The first kappa shape index (κ1) is 19.3. The molecule has 1 amide bonds. The summed E-state index contributed by atoms with van der Waals surface area (Å²) in [6.07, 6.45) is 2.16. The quantitative estimate of drug-likeness (QED) is 0.797. The van der Waals surface area contributed by atoms with E-state index in [0.29, 0.717) is 43.5 Å². The van der Waals surface area contributed by atoms with Gasteiger partial charge >= 0.3 is 0 Å². The number of aryl methyl sites for hydroxylation is 1. The molecule has 26 heavy (non-hydrogen) atoms. The van der Waals surface area contributed by atoms with Gasteiger partial charge in [0.2, 0.25) is 15.9 Å². The molecule has 0 unspecified atom stereocenters. The topological polar surface area (TPSA) is 60.9 Å². The molecule has 7 heteroatoms. The molecule has 2 heterocycles. The Kier molecular flexibility index (Phi) is 5.99. The summed E-state index contributed by atoms with van der Waals surface area (Å²) >= 11 is 0. The number of benzene rings is 1. The lowest BCUT2D eigenvalue weighted by molar-refractivity contribution is -0.134. The number of piperazine rings is 1. The Balaban J connectivity index is 1.52. The zero-order valence-corrected chi connectivity index (χ0v) is 16.5. The fourth-order valence-electron chi connectivity index (χ4n) is 3.54. The lowest BCUT2D eigenvalue weighted by Gasteiger charge is -2.36. The maximum absolute atomic E-state index is 12.7. The molecule has 0 bridgehead atoms. The van der Waals surface area contributed by atoms with Gasteiger partial charge in [-0.25, -0.2) is 8.42 Å². The van der Waals surface area contributed by atoms with Crippen LogP contribution in [0.4, 0.5) is 0 Å². The van der Waals surface area contributed by atoms with Gasteiger partial charge in [-0.05, 0) is 37.8 Å². The fourth-order valence-corrected chi connectivity index (χ4v) is 4.96. The summed E-state index contributed by atoms with van der Waals surface area (Å²) in [6, 6.07) is 6.97. The molecule has 0 spiro atoms. The number of piperidine rings is 1. The third-order valence-electron chi connectivity index (χ3n) is 5.49. The SMILES string of the molecule is Cc1ccc(S(=O)(=O)N2CCN(CC(=O)N3CCC(C)CC3)CC2)cc1. The van der Waals surface area contributed by atoms with E-state index in [4.69, 9.17) is 0 Å². The highest BCUT2D eigenvalue weighted by Gasteiger charge is 2.30. The first-order chi connectivity index (χ1) is 12.4. The lowest BCUT2D eigenvalue weighted by Crippen LogP contribution is -2.52. The second-order valence-electron chi connectivity index (χ2n) is 7.56. The van der Waals surface area contributed by atoms with Crippen molar-refractivity contribution in [2.75, 3.05) is 45.8 Å². The predicted octanol–water partition coefficient (Wildman–Crippen LogP) is 1.56. The van der Waals surface area contributed by atoms with E-state index in [9.17, 15) is 13.2 Å². The zero-order valence-electron chi connectivity index (χ0n) is 15.7. The molecule has 0 saturated carbocycles. The standard InChI is InChI=1S/C19H29N3O3S/c1-16-3-5-18(6-4-16)26(24,25)22-13-11-20(12-14-22)15-19(23)21-9-7-17(2)8-10-21/h3-6,17H,7-15H2,1-2H3. The van der Waals surface area contributed by atoms with Crippen LogP contribution in [0.1, 0.15) is 25.3 Å². The van der Waals surface area contributed by atoms with E-state index in [1.165, 1.54) is 4.31 Å². The fraction of sp³-hybridized carbons (Fsp3) is 0.632. The van der Waals surface area contributed by atoms with Gasteiger partial charge in [-0.15, -0.1) is 0 Å². The summed E-state index contributed by atoms with van der Waals surface area (Å²) in [5, 5.41) is 0. The monoisotopic (exact) mass is 379 g/mol. The van der Waals surface area contributed by atoms with Crippen molar-refractivity contribution in [3.05, 3.63) is 29.8 Å². The molecule has 2 saturated heterocycles. The van der Waals surface area contributed by atoms with Gasteiger partial charge in [-0.1, -0.05) is 24.6 Å². The molecule has 0 N–H and O–H groups in total. The van der Waals surface area contributed by atoms with Crippen LogP contribution in [0.2, 0.25) is 0 Å². The van der Waals surface area contributed by atoms with Gasteiger partial charge in [0.1, 0.15) is 0 Å². The van der Waals surface area contributed by atoms with Crippen LogP contribution in [0.3, 0.4) is 0 Å². The van der Waals surface area contributed by atoms with Crippen LogP contribution in [0, 0.1) is 12.8 Å². The first-order valence-corrected chi connectivity index (χ1v) is 10.9. The Morgan fingerprint density at radius 2 is 1.58 bits per heavy atom. The number of carbonyl (C=O) groups excluding carboxylic acids is 1. The van der Waals surface area contributed by atoms with Gasteiger partial charge in [-0.2, -0.15) is 4.31 Å². The summed E-state index contributed by atoms with van der Waals surface area (Å²) in [5.74, 6) is 0.876. The second-order valence-corrected chi connectivity index (χ2v) is 9.49. The molecule has 2 fully saturated rings. The minimum Gasteiger partial charge on any atom is -0.342 e. The third-order valence-corrected chi connectivity index (χ3v) is 7.40. The van der Waals surface area contributed by atoms with E-state index >= 15 is 0 Å². The van der Waals surface area contributed by atoms with Crippen molar-refractivity contribution in [2.45, 2.75) is 31.6 Å². The van der Waals surface area contributed by atoms with Gasteiger partial charge in [0.05, 0.1) is 11.4 Å². The van der Waals surface area contributed by atoms with Crippen LogP contribution < -0.4 is 0 Å². The van der Waals surface area contributed by atoms with Crippen molar-refractivity contribution in [1.29, 1.82) is 0 Å². The second kappa shape index (κ2) is 8.06. The Morgan fingerprint density at radius 3 is 2.15 bits per heavy atom. The van der Waals surface area contributed by atoms with Gasteiger partial charge in [0, 0.05) is 39.3 Å². The smallest absolute Gasteiger partial charge is 0.243 e. The summed E-state index contributed by atoms with van der Waals surface area (Å²) in [7, 11) is -3.45. The highest BCUT2D eigenvalue weighted by Crippen LogP contribution is 2.19. The van der Waals surface area contributed by atoms with Crippen LogP contribution in [0.5, 0.6) is 0 Å². The maximum Gasteiger partial charge on any atom is 0.243 e. The molecule has 6 nitrogen and oxygen atoms in total. The number of sulfonamides is 1. The van der Waals surface area contributed by atoms with Gasteiger partial charge in [0.15, 0.2) is 0 Å². The van der Waals surface area contributed by atoms with E-state index in [0.717, 1.165) is 31.5 Å². The number of carbonyl (C=O) groups is 1. The molecule has 0 radical (unpaired) electrons. The predicted molar refractivity (Wildman–Crippen MR) is 101 cm³/mol. The minimum absolute atomic E-state index is 0.173. The molecule has 1 aromatic rings. The molecule has 0 atom stereocenters. The Bertz CT molecular complexity index is 717. The number of hydrogen-bond donors (Lipinski definition) is 0. The maximum atomic E-state index is 12.7. The summed E-state index contributed by atoms with van der Waals surface area (Å²) in [5.41, 5.74) is 1.04. The number of amides is 1. The number of hydrogen-bond acceptors (Lipinski definition) is 4. The van der Waals surface area contributed by atoms with Crippen molar-refractivity contribution in [3.8, 4) is 0 Å². The van der Waals surface area contributed by atoms with Crippen molar-refractivity contribution in [3.63, 3.8) is 0 Å². The Morgan fingerprint density at radius 1 is 1.00 bits per heavy atom. The third kappa shape index (κ3) is 4.45. The van der Waals surface area contributed by atoms with Crippen molar-refractivity contribution in [2.24, 2.45) is 5.92 Å². The molecule has 144 valence electrons. The van der Waals surface area contributed by atoms with Crippen LogP contribution in [0.25, 0.3) is 0 Å². The van der Waals surface area contributed by atoms with Gasteiger partial charge < -0.3 is 4.90 Å². The zero-order chi connectivity index (χ0) is 18.7. The minimum atomic E-state index is -3.45. The Hall–Kier alpha value is -1.44. The van der Waals surface area contributed by atoms with E-state index in [-0.39, 0.29) is 5.91 Å². The molecular weight excluding hydrogens is 350 g/mol. The normalized spacial score (nSPS) is 21.1.